The van der Waals surface area contributed by atoms with Crippen LogP contribution in [0.4, 0.5) is 11.5 Å². The lowest BCUT2D eigenvalue weighted by Gasteiger charge is -2.16. The Morgan fingerprint density at radius 1 is 1.64 bits per heavy atom. The number of carbonyl (C=O) groups excluding carboxylic acids is 1. The number of fused-ring (bicyclic) bond motifs is 1. The van der Waals surface area contributed by atoms with Crippen LogP contribution in [0.1, 0.15) is 6.42 Å². The molecule has 2 heterocycles. The van der Waals surface area contributed by atoms with Crippen molar-refractivity contribution in [3.63, 3.8) is 0 Å². The van der Waals surface area contributed by atoms with Crippen LogP contribution in [0.5, 0.6) is 0 Å². The van der Waals surface area contributed by atoms with Crippen molar-refractivity contribution in [3.05, 3.63) is 17.3 Å². The standard InChI is InChI=1S/C9H10ClN3O/c1-13-3-2-8(14)12-7-4-6(10)5-11-9(7)13/h4-5H,2-3H2,1H3,(H,12,14). The van der Waals surface area contributed by atoms with Crippen LogP contribution >= 0.6 is 11.6 Å². The van der Waals surface area contributed by atoms with Crippen LogP contribution in [-0.2, 0) is 4.79 Å². The average molecular weight is 212 g/mol. The van der Waals surface area contributed by atoms with E-state index in [4.69, 9.17) is 11.6 Å². The number of pyridine rings is 1. The summed E-state index contributed by atoms with van der Waals surface area (Å²) < 4.78 is 0. The molecule has 1 amide bonds. The minimum absolute atomic E-state index is 0.000309. The SMILES string of the molecule is CN1CCC(=O)Nc2cc(Cl)cnc21. The molecule has 0 spiro atoms. The van der Waals surface area contributed by atoms with E-state index in [2.05, 4.69) is 10.3 Å². The summed E-state index contributed by atoms with van der Waals surface area (Å²) >= 11 is 5.79. The van der Waals surface area contributed by atoms with Crippen LogP contribution in [0.3, 0.4) is 0 Å². The highest BCUT2D eigenvalue weighted by Gasteiger charge is 2.17. The maximum atomic E-state index is 11.3. The molecule has 0 unspecified atom stereocenters. The van der Waals surface area contributed by atoms with E-state index < -0.39 is 0 Å². The number of nitrogens with one attached hydrogen (secondary N) is 1. The Kier molecular flexibility index (Phi) is 2.29. The van der Waals surface area contributed by atoms with E-state index in [9.17, 15) is 4.79 Å². The van der Waals surface area contributed by atoms with E-state index in [1.807, 2.05) is 11.9 Å². The molecule has 0 bridgehead atoms. The minimum Gasteiger partial charge on any atom is -0.357 e. The first kappa shape index (κ1) is 9.27. The third-order valence-corrected chi connectivity index (χ3v) is 2.35. The Morgan fingerprint density at radius 3 is 3.21 bits per heavy atom. The van der Waals surface area contributed by atoms with Gasteiger partial charge in [-0.2, -0.15) is 0 Å². The normalized spacial score (nSPS) is 15.9. The lowest BCUT2D eigenvalue weighted by Crippen LogP contribution is -2.19. The summed E-state index contributed by atoms with van der Waals surface area (Å²) in [6.07, 6.45) is 2.05. The van der Waals surface area contributed by atoms with Crippen molar-refractivity contribution < 1.29 is 4.79 Å². The summed E-state index contributed by atoms with van der Waals surface area (Å²) in [7, 11) is 1.90. The van der Waals surface area contributed by atoms with Gasteiger partial charge in [0.15, 0.2) is 5.82 Å². The molecule has 0 saturated carbocycles. The largest absolute Gasteiger partial charge is 0.357 e. The molecule has 0 saturated heterocycles. The molecule has 4 nitrogen and oxygen atoms in total. The van der Waals surface area contributed by atoms with Gasteiger partial charge in [-0.05, 0) is 6.07 Å². The molecular weight excluding hydrogens is 202 g/mol. The van der Waals surface area contributed by atoms with Gasteiger partial charge in [0.25, 0.3) is 0 Å². The van der Waals surface area contributed by atoms with Gasteiger partial charge in [0.05, 0.1) is 10.7 Å². The number of amides is 1. The molecule has 1 aromatic heterocycles. The van der Waals surface area contributed by atoms with Crippen molar-refractivity contribution in [2.45, 2.75) is 6.42 Å². The quantitative estimate of drug-likeness (QED) is 0.708. The van der Waals surface area contributed by atoms with Crippen molar-refractivity contribution >= 4 is 29.0 Å². The minimum atomic E-state index is -0.000309. The topological polar surface area (TPSA) is 45.2 Å². The molecule has 0 aromatic carbocycles. The first-order chi connectivity index (χ1) is 6.66. The molecular formula is C9H10ClN3O. The van der Waals surface area contributed by atoms with Crippen molar-refractivity contribution in [2.75, 3.05) is 23.8 Å². The summed E-state index contributed by atoms with van der Waals surface area (Å²) in [6, 6.07) is 1.71. The van der Waals surface area contributed by atoms with E-state index in [1.54, 1.807) is 12.3 Å². The monoisotopic (exact) mass is 211 g/mol. The Morgan fingerprint density at radius 2 is 2.43 bits per heavy atom. The first-order valence-electron chi connectivity index (χ1n) is 4.33. The number of hydrogen-bond acceptors (Lipinski definition) is 3. The fraction of sp³-hybridized carbons (Fsp3) is 0.333. The Hall–Kier alpha value is -1.29. The molecule has 0 atom stereocenters. The van der Waals surface area contributed by atoms with Gasteiger partial charge in [-0.3, -0.25) is 4.79 Å². The van der Waals surface area contributed by atoms with E-state index in [0.29, 0.717) is 23.7 Å². The van der Waals surface area contributed by atoms with Crippen molar-refractivity contribution in [1.82, 2.24) is 4.98 Å². The second-order valence-electron chi connectivity index (χ2n) is 3.24. The number of nitrogens with zero attached hydrogens (tertiary/aromatic N) is 2. The van der Waals surface area contributed by atoms with Gasteiger partial charge in [0, 0.05) is 26.2 Å². The molecule has 1 aromatic rings. The van der Waals surface area contributed by atoms with Crippen molar-refractivity contribution in [3.8, 4) is 0 Å². The average Bonchev–Trinajstić information content (AvgIpc) is 2.26. The predicted molar refractivity (Wildman–Crippen MR) is 55.8 cm³/mol. The third-order valence-electron chi connectivity index (χ3n) is 2.14. The molecule has 2 rings (SSSR count). The van der Waals surface area contributed by atoms with Crippen LogP contribution in [0.2, 0.25) is 5.02 Å². The summed E-state index contributed by atoms with van der Waals surface area (Å²) in [5.74, 6) is 0.764. The van der Waals surface area contributed by atoms with Gasteiger partial charge in [-0.25, -0.2) is 4.98 Å². The van der Waals surface area contributed by atoms with Crippen molar-refractivity contribution in [1.29, 1.82) is 0 Å². The summed E-state index contributed by atoms with van der Waals surface area (Å²) in [6.45, 7) is 0.674. The lowest BCUT2D eigenvalue weighted by atomic mass is 10.3. The number of anilines is 2. The van der Waals surface area contributed by atoms with Gasteiger partial charge < -0.3 is 10.2 Å². The fourth-order valence-corrected chi connectivity index (χ4v) is 1.57. The Bertz CT molecular complexity index is 380. The molecule has 0 fully saturated rings. The number of halogens is 1. The zero-order chi connectivity index (χ0) is 10.1. The van der Waals surface area contributed by atoms with Crippen LogP contribution in [0.25, 0.3) is 0 Å². The number of rotatable bonds is 0. The highest BCUT2D eigenvalue weighted by molar-refractivity contribution is 6.30. The van der Waals surface area contributed by atoms with Crippen LogP contribution in [0.15, 0.2) is 12.3 Å². The predicted octanol–water partition coefficient (Wildman–Crippen LogP) is 1.51. The van der Waals surface area contributed by atoms with Gasteiger partial charge in [0.2, 0.25) is 5.91 Å². The van der Waals surface area contributed by atoms with E-state index >= 15 is 0 Å². The maximum absolute atomic E-state index is 11.3. The van der Waals surface area contributed by atoms with Crippen molar-refractivity contribution in [2.24, 2.45) is 0 Å². The molecule has 1 N–H and O–H groups in total. The third kappa shape index (κ3) is 1.65. The smallest absolute Gasteiger partial charge is 0.226 e. The maximum Gasteiger partial charge on any atom is 0.226 e. The van der Waals surface area contributed by atoms with Crippen LogP contribution in [-0.4, -0.2) is 24.5 Å². The number of hydrogen-bond donors (Lipinski definition) is 1. The van der Waals surface area contributed by atoms with Gasteiger partial charge in [-0.15, -0.1) is 0 Å². The summed E-state index contributed by atoms with van der Waals surface area (Å²) in [5, 5.41) is 3.29. The molecule has 1 aliphatic heterocycles. The van der Waals surface area contributed by atoms with Gasteiger partial charge >= 0.3 is 0 Å². The summed E-state index contributed by atoms with van der Waals surface area (Å²) in [4.78, 5) is 17.4. The van der Waals surface area contributed by atoms with E-state index in [-0.39, 0.29) is 5.91 Å². The second kappa shape index (κ2) is 3.46. The highest BCUT2D eigenvalue weighted by atomic mass is 35.5. The molecule has 5 heteroatoms. The Labute approximate surface area is 86.9 Å². The van der Waals surface area contributed by atoms with E-state index in [1.165, 1.54) is 0 Å². The Balaban J connectivity index is 2.46. The fourth-order valence-electron chi connectivity index (χ4n) is 1.42. The van der Waals surface area contributed by atoms with Gasteiger partial charge in [0.1, 0.15) is 0 Å². The molecule has 1 aliphatic rings. The molecule has 74 valence electrons. The van der Waals surface area contributed by atoms with Crippen LogP contribution < -0.4 is 10.2 Å². The first-order valence-corrected chi connectivity index (χ1v) is 4.71. The zero-order valence-electron chi connectivity index (χ0n) is 7.75. The highest BCUT2D eigenvalue weighted by Crippen LogP contribution is 2.27. The number of aromatic nitrogens is 1. The zero-order valence-corrected chi connectivity index (χ0v) is 8.51. The van der Waals surface area contributed by atoms with Gasteiger partial charge in [-0.1, -0.05) is 11.6 Å². The molecule has 0 aliphatic carbocycles. The second-order valence-corrected chi connectivity index (χ2v) is 3.68. The number of carbonyl (C=O) groups is 1. The van der Waals surface area contributed by atoms with E-state index in [0.717, 1.165) is 5.82 Å². The molecule has 14 heavy (non-hydrogen) atoms. The molecule has 0 radical (unpaired) electrons. The summed E-state index contributed by atoms with van der Waals surface area (Å²) in [5.41, 5.74) is 0.683. The lowest BCUT2D eigenvalue weighted by molar-refractivity contribution is -0.115. The van der Waals surface area contributed by atoms with Crippen LogP contribution in [0, 0.1) is 0 Å².